The average molecular weight is 423 g/mol. The number of nitrogens with zero attached hydrogens (tertiary/aromatic N) is 6. The highest BCUT2D eigenvalue weighted by molar-refractivity contribution is 5.66. The Hall–Kier alpha value is -3.07. The van der Waals surface area contributed by atoms with Crippen LogP contribution < -0.4 is 10.2 Å². The molecule has 0 saturated carbocycles. The highest BCUT2D eigenvalue weighted by atomic mass is 19.1. The quantitative estimate of drug-likeness (QED) is 0.666. The molecule has 31 heavy (non-hydrogen) atoms. The number of piperidine rings is 1. The Morgan fingerprint density at radius 3 is 2.55 bits per heavy atom. The summed E-state index contributed by atoms with van der Waals surface area (Å²) in [5.74, 6) is 0.207. The molecule has 5 rings (SSSR count). The number of hydrogen-bond acceptors (Lipinski definition) is 7. The average Bonchev–Trinajstić information content (AvgIpc) is 3.34. The van der Waals surface area contributed by atoms with Crippen molar-refractivity contribution in [3.63, 3.8) is 0 Å². The number of imidazole rings is 1. The second kappa shape index (κ2) is 6.98. The number of rotatable bonds is 4. The first kappa shape index (κ1) is 19.9. The van der Waals surface area contributed by atoms with E-state index in [0.717, 1.165) is 12.8 Å². The zero-order chi connectivity index (χ0) is 21.8. The Kier molecular flexibility index (Phi) is 4.47. The van der Waals surface area contributed by atoms with Gasteiger partial charge in [-0.25, -0.2) is 14.4 Å². The van der Waals surface area contributed by atoms with Crippen LogP contribution in [-0.4, -0.2) is 54.0 Å². The molecule has 2 fully saturated rings. The first-order valence-corrected chi connectivity index (χ1v) is 10.5. The van der Waals surface area contributed by atoms with E-state index >= 15 is 0 Å². The summed E-state index contributed by atoms with van der Waals surface area (Å²) in [4.78, 5) is 10.4. The van der Waals surface area contributed by atoms with Gasteiger partial charge in [0.05, 0.1) is 23.8 Å². The Morgan fingerprint density at radius 1 is 1.19 bits per heavy atom. The van der Waals surface area contributed by atoms with Crippen LogP contribution in [0.3, 0.4) is 0 Å². The van der Waals surface area contributed by atoms with Crippen molar-refractivity contribution in [2.24, 2.45) is 0 Å². The normalized spacial score (nSPS) is 27.4. The van der Waals surface area contributed by atoms with Gasteiger partial charge in [-0.05, 0) is 45.6 Å². The van der Waals surface area contributed by atoms with E-state index in [0.29, 0.717) is 11.9 Å². The van der Waals surface area contributed by atoms with Crippen molar-refractivity contribution in [1.29, 1.82) is 0 Å². The Morgan fingerprint density at radius 2 is 1.94 bits per heavy atom. The molecule has 1 aromatic carbocycles. The van der Waals surface area contributed by atoms with Crippen molar-refractivity contribution in [3.8, 4) is 22.8 Å². The van der Waals surface area contributed by atoms with Crippen molar-refractivity contribution >= 4 is 5.82 Å². The summed E-state index contributed by atoms with van der Waals surface area (Å²) >= 11 is 0. The monoisotopic (exact) mass is 423 g/mol. The lowest BCUT2D eigenvalue weighted by Crippen LogP contribution is -2.58. The van der Waals surface area contributed by atoms with Gasteiger partial charge in [0, 0.05) is 42.6 Å². The first-order chi connectivity index (χ1) is 14.8. The van der Waals surface area contributed by atoms with Crippen LogP contribution in [0.25, 0.3) is 17.1 Å². The predicted octanol–water partition coefficient (Wildman–Crippen LogP) is 3.07. The van der Waals surface area contributed by atoms with Gasteiger partial charge >= 0.3 is 0 Å². The number of halogens is 1. The molecule has 0 amide bonds. The minimum atomic E-state index is -0.512. The molecule has 0 spiro atoms. The molecule has 4 heterocycles. The molecule has 8 nitrogen and oxygen atoms in total. The number of aromatic nitrogens is 5. The SMILES string of the molecule is CN(c1cnc(-c2cc(F)c(-n3ccnc3)cc2O)nn1)[C@H]1C[C@]2(C)CC[C@](C)(C1)N2. The van der Waals surface area contributed by atoms with Crippen LogP contribution in [-0.2, 0) is 0 Å². The molecular weight excluding hydrogens is 397 g/mol. The maximum Gasteiger partial charge on any atom is 0.185 e. The first-order valence-electron chi connectivity index (χ1n) is 10.5. The van der Waals surface area contributed by atoms with Gasteiger partial charge in [0.15, 0.2) is 11.6 Å². The van der Waals surface area contributed by atoms with E-state index in [4.69, 9.17) is 0 Å². The summed E-state index contributed by atoms with van der Waals surface area (Å²) in [7, 11) is 2.02. The molecule has 2 bridgehead atoms. The summed E-state index contributed by atoms with van der Waals surface area (Å²) in [5, 5.41) is 22.8. The van der Waals surface area contributed by atoms with E-state index in [2.05, 4.69) is 44.2 Å². The van der Waals surface area contributed by atoms with Gasteiger partial charge in [-0.2, -0.15) is 0 Å². The fourth-order valence-corrected chi connectivity index (χ4v) is 5.17. The van der Waals surface area contributed by atoms with E-state index in [-0.39, 0.29) is 33.9 Å². The predicted molar refractivity (Wildman–Crippen MR) is 115 cm³/mol. The third-order valence-corrected chi connectivity index (χ3v) is 6.75. The van der Waals surface area contributed by atoms with E-state index in [1.54, 1.807) is 18.6 Å². The Balaban J connectivity index is 1.39. The zero-order valence-electron chi connectivity index (χ0n) is 17.9. The fourth-order valence-electron chi connectivity index (χ4n) is 5.17. The molecule has 2 aliphatic heterocycles. The summed E-state index contributed by atoms with van der Waals surface area (Å²) < 4.78 is 16.1. The lowest BCUT2D eigenvalue weighted by molar-refractivity contribution is 0.207. The van der Waals surface area contributed by atoms with Crippen molar-refractivity contribution < 1.29 is 9.50 Å². The van der Waals surface area contributed by atoms with Crippen LogP contribution in [0.4, 0.5) is 10.2 Å². The van der Waals surface area contributed by atoms with Gasteiger partial charge < -0.3 is 19.9 Å². The van der Waals surface area contributed by atoms with E-state index < -0.39 is 5.82 Å². The summed E-state index contributed by atoms with van der Waals surface area (Å²) in [6.45, 7) is 4.58. The smallest absolute Gasteiger partial charge is 0.185 e. The number of aromatic hydroxyl groups is 1. The summed E-state index contributed by atoms with van der Waals surface area (Å²) in [5.41, 5.74) is 0.689. The van der Waals surface area contributed by atoms with Crippen molar-refractivity contribution in [1.82, 2.24) is 30.0 Å². The second-order valence-electron chi connectivity index (χ2n) is 9.35. The number of phenolic OH excluding ortho intramolecular Hbond substituents is 1. The number of anilines is 1. The van der Waals surface area contributed by atoms with Crippen LogP contribution in [0.15, 0.2) is 37.1 Å². The standard InChI is InChI=1S/C22H26FN7O/c1-21-4-5-22(2,28-21)11-14(10-21)29(3)19-12-25-20(27-26-19)15-8-16(23)17(9-18(15)31)30-7-6-24-13-30/h6-9,12-14,28,31H,4-5,10-11H2,1-3H3/t14-,21-,22+. The molecule has 2 saturated heterocycles. The molecule has 162 valence electrons. The second-order valence-corrected chi connectivity index (χ2v) is 9.35. The van der Waals surface area contributed by atoms with Crippen molar-refractivity contribution in [3.05, 3.63) is 42.9 Å². The van der Waals surface area contributed by atoms with Gasteiger partial charge in [0.2, 0.25) is 0 Å². The molecule has 2 aliphatic rings. The van der Waals surface area contributed by atoms with Crippen LogP contribution in [0.2, 0.25) is 0 Å². The molecule has 0 radical (unpaired) electrons. The minimum absolute atomic E-state index is 0.121. The van der Waals surface area contributed by atoms with Crippen LogP contribution in [0, 0.1) is 5.82 Å². The zero-order valence-corrected chi connectivity index (χ0v) is 17.9. The van der Waals surface area contributed by atoms with Gasteiger partial charge in [0.25, 0.3) is 0 Å². The van der Waals surface area contributed by atoms with Crippen LogP contribution in [0.1, 0.15) is 39.5 Å². The highest BCUT2D eigenvalue weighted by Crippen LogP contribution is 2.43. The maximum atomic E-state index is 14.6. The lowest BCUT2D eigenvalue weighted by Gasteiger charge is -2.45. The van der Waals surface area contributed by atoms with Crippen molar-refractivity contribution in [2.45, 2.75) is 56.7 Å². The Bertz CT molecular complexity index is 1090. The van der Waals surface area contributed by atoms with Crippen LogP contribution in [0.5, 0.6) is 5.75 Å². The molecule has 2 aromatic heterocycles. The van der Waals surface area contributed by atoms with E-state index in [1.807, 2.05) is 7.05 Å². The third kappa shape index (κ3) is 3.52. The van der Waals surface area contributed by atoms with Crippen molar-refractivity contribution in [2.75, 3.05) is 11.9 Å². The third-order valence-electron chi connectivity index (χ3n) is 6.75. The lowest BCUT2D eigenvalue weighted by atomic mass is 9.84. The molecule has 2 N–H and O–H groups in total. The molecule has 0 unspecified atom stereocenters. The van der Waals surface area contributed by atoms with Gasteiger partial charge in [0.1, 0.15) is 11.6 Å². The number of benzene rings is 1. The maximum absolute atomic E-state index is 14.6. The molecule has 3 aromatic rings. The Labute approximate surface area is 180 Å². The van der Waals surface area contributed by atoms with Gasteiger partial charge in [-0.1, -0.05) is 0 Å². The van der Waals surface area contributed by atoms with Gasteiger partial charge in [-0.3, -0.25) is 0 Å². The molecule has 9 heteroatoms. The number of hydrogen-bond donors (Lipinski definition) is 2. The minimum Gasteiger partial charge on any atom is -0.507 e. The number of fused-ring (bicyclic) bond motifs is 2. The van der Waals surface area contributed by atoms with Gasteiger partial charge in [-0.15, -0.1) is 10.2 Å². The molecule has 3 atom stereocenters. The topological polar surface area (TPSA) is 92.0 Å². The largest absolute Gasteiger partial charge is 0.507 e. The fraction of sp³-hybridized carbons (Fsp3) is 0.455. The van der Waals surface area contributed by atoms with Crippen LogP contribution >= 0.6 is 0 Å². The van der Waals surface area contributed by atoms with E-state index in [9.17, 15) is 9.50 Å². The number of nitrogens with one attached hydrogen (secondary N) is 1. The summed E-state index contributed by atoms with van der Waals surface area (Å²) in [6, 6.07) is 2.89. The molecule has 0 aliphatic carbocycles. The highest BCUT2D eigenvalue weighted by Gasteiger charge is 2.49. The molecular formula is C22H26FN7O. The number of phenols is 1. The summed E-state index contributed by atoms with van der Waals surface area (Å²) in [6.07, 6.45) is 10.7. The van der Waals surface area contributed by atoms with E-state index in [1.165, 1.54) is 35.9 Å².